The zero-order valence-corrected chi connectivity index (χ0v) is 6.12. The van der Waals surface area contributed by atoms with Gasteiger partial charge in [0.05, 0.1) is 0 Å². The van der Waals surface area contributed by atoms with Crippen LogP contribution >= 0.6 is 0 Å². The standard InChI is InChI=1S/C8H9NO2/c10-4-9-8(11)7-2-5-1-6(5)3-7/h5-7H,1-3H2. The van der Waals surface area contributed by atoms with E-state index in [0.29, 0.717) is 0 Å². The molecule has 0 aromatic heterocycles. The van der Waals surface area contributed by atoms with Crippen LogP contribution in [0.4, 0.5) is 0 Å². The predicted octanol–water partition coefficient (Wildman–Crippen LogP) is 0.895. The summed E-state index contributed by atoms with van der Waals surface area (Å²) in [6.07, 6.45) is 4.49. The van der Waals surface area contributed by atoms with Crippen LogP contribution in [0.1, 0.15) is 19.3 Å². The van der Waals surface area contributed by atoms with Gasteiger partial charge in [-0.1, -0.05) is 0 Å². The van der Waals surface area contributed by atoms with Crippen molar-refractivity contribution in [3.8, 4) is 0 Å². The van der Waals surface area contributed by atoms with Gasteiger partial charge in [0.25, 0.3) is 5.91 Å². The lowest BCUT2D eigenvalue weighted by molar-refractivity contribution is -0.121. The number of carbonyl (C=O) groups excluding carboxylic acids is 2. The lowest BCUT2D eigenvalue weighted by Crippen LogP contribution is -2.09. The highest BCUT2D eigenvalue weighted by Gasteiger charge is 2.47. The summed E-state index contributed by atoms with van der Waals surface area (Å²) in [6.45, 7) is 0. The van der Waals surface area contributed by atoms with Crippen molar-refractivity contribution in [1.29, 1.82) is 0 Å². The minimum atomic E-state index is -0.257. The summed E-state index contributed by atoms with van der Waals surface area (Å²) in [4.78, 5) is 23.9. The van der Waals surface area contributed by atoms with Crippen LogP contribution < -0.4 is 0 Å². The molecular formula is C8H9NO2. The van der Waals surface area contributed by atoms with Crippen molar-refractivity contribution in [2.45, 2.75) is 19.3 Å². The molecule has 0 aromatic carbocycles. The summed E-state index contributed by atoms with van der Waals surface area (Å²) in [5, 5.41) is 0. The molecule has 3 nitrogen and oxygen atoms in total. The SMILES string of the molecule is O=C=NC(=O)C1CC2CC2C1. The Morgan fingerprint density at radius 2 is 1.91 bits per heavy atom. The Hall–Kier alpha value is -0.950. The van der Waals surface area contributed by atoms with Crippen LogP contribution in [0, 0.1) is 17.8 Å². The summed E-state index contributed by atoms with van der Waals surface area (Å²) < 4.78 is 0. The molecule has 2 fully saturated rings. The normalized spacial score (nSPS) is 39.1. The zero-order valence-electron chi connectivity index (χ0n) is 6.12. The molecule has 1 amide bonds. The van der Waals surface area contributed by atoms with E-state index in [9.17, 15) is 9.59 Å². The Morgan fingerprint density at radius 1 is 1.27 bits per heavy atom. The highest BCUT2D eigenvalue weighted by atomic mass is 16.2. The molecule has 2 unspecified atom stereocenters. The molecule has 0 saturated heterocycles. The molecule has 2 atom stereocenters. The maximum Gasteiger partial charge on any atom is 0.259 e. The first-order chi connectivity index (χ1) is 5.31. The van der Waals surface area contributed by atoms with Gasteiger partial charge < -0.3 is 0 Å². The van der Waals surface area contributed by atoms with Gasteiger partial charge in [0.1, 0.15) is 0 Å². The number of hydrogen-bond acceptors (Lipinski definition) is 2. The van der Waals surface area contributed by atoms with Gasteiger partial charge in [-0.3, -0.25) is 4.79 Å². The summed E-state index contributed by atoms with van der Waals surface area (Å²) in [5.41, 5.74) is 0. The molecule has 2 rings (SSSR count). The van der Waals surface area contributed by atoms with E-state index in [1.54, 1.807) is 0 Å². The second kappa shape index (κ2) is 2.28. The maximum atomic E-state index is 11.0. The molecule has 0 spiro atoms. The molecule has 2 aliphatic carbocycles. The smallest absolute Gasteiger partial charge is 0.259 e. The molecule has 0 aliphatic heterocycles. The van der Waals surface area contributed by atoms with Crippen LogP contribution in [0.2, 0.25) is 0 Å². The van der Waals surface area contributed by atoms with Gasteiger partial charge >= 0.3 is 0 Å². The first-order valence-corrected chi connectivity index (χ1v) is 3.93. The van der Waals surface area contributed by atoms with Gasteiger partial charge in [-0.15, -0.1) is 4.99 Å². The monoisotopic (exact) mass is 151 g/mol. The fourth-order valence-electron chi connectivity index (χ4n) is 2.05. The number of rotatable bonds is 1. The highest BCUT2D eigenvalue weighted by Crippen LogP contribution is 2.54. The van der Waals surface area contributed by atoms with E-state index in [-0.39, 0.29) is 11.8 Å². The van der Waals surface area contributed by atoms with Gasteiger partial charge in [-0.25, -0.2) is 4.79 Å². The van der Waals surface area contributed by atoms with Gasteiger partial charge in [-0.2, -0.15) is 0 Å². The van der Waals surface area contributed by atoms with Crippen LogP contribution in [0.25, 0.3) is 0 Å². The van der Waals surface area contributed by atoms with E-state index in [1.807, 2.05) is 0 Å². The van der Waals surface area contributed by atoms with Crippen LogP contribution in [0.15, 0.2) is 4.99 Å². The van der Waals surface area contributed by atoms with E-state index in [4.69, 9.17) is 0 Å². The molecular weight excluding hydrogens is 142 g/mol. The minimum absolute atomic E-state index is 0.0419. The van der Waals surface area contributed by atoms with Crippen LogP contribution in [-0.4, -0.2) is 12.0 Å². The van der Waals surface area contributed by atoms with E-state index in [2.05, 4.69) is 4.99 Å². The van der Waals surface area contributed by atoms with Crippen LogP contribution in [0.3, 0.4) is 0 Å². The summed E-state index contributed by atoms with van der Waals surface area (Å²) in [6, 6.07) is 0. The number of carbonyl (C=O) groups is 1. The Labute approximate surface area is 64.5 Å². The Kier molecular flexibility index (Phi) is 1.40. The van der Waals surface area contributed by atoms with Crippen molar-refractivity contribution in [2.24, 2.45) is 22.7 Å². The average Bonchev–Trinajstić information content (AvgIpc) is 2.59. The van der Waals surface area contributed by atoms with Gasteiger partial charge in [0, 0.05) is 5.92 Å². The number of hydrogen-bond donors (Lipinski definition) is 0. The second-order valence-electron chi connectivity index (χ2n) is 3.47. The Morgan fingerprint density at radius 3 is 2.45 bits per heavy atom. The van der Waals surface area contributed by atoms with Crippen LogP contribution in [-0.2, 0) is 9.59 Å². The molecule has 58 valence electrons. The molecule has 0 aromatic rings. The zero-order chi connectivity index (χ0) is 7.84. The van der Waals surface area contributed by atoms with Crippen molar-refractivity contribution in [3.63, 3.8) is 0 Å². The van der Waals surface area contributed by atoms with Crippen molar-refractivity contribution < 1.29 is 9.59 Å². The van der Waals surface area contributed by atoms with E-state index < -0.39 is 0 Å². The fraction of sp³-hybridized carbons (Fsp3) is 0.750. The molecule has 2 saturated carbocycles. The van der Waals surface area contributed by atoms with Gasteiger partial charge in [0.2, 0.25) is 6.08 Å². The Bertz CT molecular complexity index is 232. The molecule has 3 heteroatoms. The molecule has 0 heterocycles. The number of isocyanates is 1. The highest BCUT2D eigenvalue weighted by molar-refractivity contribution is 5.84. The molecule has 0 N–H and O–H groups in total. The fourth-order valence-corrected chi connectivity index (χ4v) is 2.05. The van der Waals surface area contributed by atoms with Gasteiger partial charge in [0.15, 0.2) is 0 Å². The van der Waals surface area contributed by atoms with Crippen molar-refractivity contribution in [3.05, 3.63) is 0 Å². The second-order valence-corrected chi connectivity index (χ2v) is 3.47. The third kappa shape index (κ3) is 1.12. The van der Waals surface area contributed by atoms with E-state index in [1.165, 1.54) is 12.5 Å². The number of amides is 1. The van der Waals surface area contributed by atoms with Crippen LogP contribution in [0.5, 0.6) is 0 Å². The molecule has 0 radical (unpaired) electrons. The first kappa shape index (κ1) is 6.74. The van der Waals surface area contributed by atoms with E-state index >= 15 is 0 Å². The third-order valence-corrected chi connectivity index (χ3v) is 2.75. The largest absolute Gasteiger partial charge is 0.271 e. The van der Waals surface area contributed by atoms with Gasteiger partial charge in [-0.05, 0) is 31.1 Å². The minimum Gasteiger partial charge on any atom is -0.271 e. The van der Waals surface area contributed by atoms with E-state index in [0.717, 1.165) is 24.7 Å². The average molecular weight is 151 g/mol. The molecule has 2 aliphatic rings. The maximum absolute atomic E-state index is 11.0. The van der Waals surface area contributed by atoms with Crippen molar-refractivity contribution in [1.82, 2.24) is 0 Å². The summed E-state index contributed by atoms with van der Waals surface area (Å²) >= 11 is 0. The molecule has 11 heavy (non-hydrogen) atoms. The van der Waals surface area contributed by atoms with Crippen molar-refractivity contribution >= 4 is 12.0 Å². The van der Waals surface area contributed by atoms with Crippen molar-refractivity contribution in [2.75, 3.05) is 0 Å². The predicted molar refractivity (Wildman–Crippen MR) is 37.4 cm³/mol. The summed E-state index contributed by atoms with van der Waals surface area (Å²) in [7, 11) is 0. The lowest BCUT2D eigenvalue weighted by atomic mass is 10.0. The number of fused-ring (bicyclic) bond motifs is 1. The summed E-state index contributed by atoms with van der Waals surface area (Å²) in [5.74, 6) is 1.32. The lowest BCUT2D eigenvalue weighted by Gasteiger charge is -2.02. The Balaban J connectivity index is 1.96. The number of nitrogens with zero attached hydrogens (tertiary/aromatic N) is 1. The molecule has 0 bridgehead atoms. The number of aliphatic imine (C=N–C) groups is 1. The quantitative estimate of drug-likeness (QED) is 0.413. The third-order valence-electron chi connectivity index (χ3n) is 2.75. The first-order valence-electron chi connectivity index (χ1n) is 3.93. The topological polar surface area (TPSA) is 46.5 Å².